The van der Waals surface area contributed by atoms with Crippen molar-refractivity contribution in [1.82, 2.24) is 4.90 Å². The minimum Gasteiger partial charge on any atom is -0.298 e. The van der Waals surface area contributed by atoms with Crippen LogP contribution in [0.4, 0.5) is 0 Å². The Labute approximate surface area is 120 Å². The zero-order valence-corrected chi connectivity index (χ0v) is 11.8. The van der Waals surface area contributed by atoms with Crippen molar-refractivity contribution in [3.05, 3.63) is 71.3 Å². The van der Waals surface area contributed by atoms with Crippen LogP contribution in [0, 0.1) is 0 Å². The molecule has 1 aliphatic rings. The van der Waals surface area contributed by atoms with Crippen LogP contribution in [0.5, 0.6) is 0 Å². The highest BCUT2D eigenvalue weighted by Gasteiger charge is 2.27. The van der Waals surface area contributed by atoms with Gasteiger partial charge in [-0.15, -0.1) is 0 Å². The Morgan fingerprint density at radius 1 is 1.00 bits per heavy atom. The zero-order valence-electron chi connectivity index (χ0n) is 11.8. The van der Waals surface area contributed by atoms with Gasteiger partial charge in [0.1, 0.15) is 0 Å². The van der Waals surface area contributed by atoms with E-state index in [1.54, 1.807) is 6.92 Å². The van der Waals surface area contributed by atoms with Crippen molar-refractivity contribution in [2.45, 2.75) is 25.9 Å². The fourth-order valence-corrected chi connectivity index (χ4v) is 3.08. The molecule has 20 heavy (non-hydrogen) atoms. The van der Waals surface area contributed by atoms with Crippen LogP contribution in [-0.4, -0.2) is 17.2 Å². The molecule has 0 aliphatic carbocycles. The maximum atomic E-state index is 12.1. The zero-order chi connectivity index (χ0) is 13.9. The molecule has 1 heterocycles. The van der Waals surface area contributed by atoms with Crippen molar-refractivity contribution < 1.29 is 4.79 Å². The lowest BCUT2D eigenvalue weighted by Gasteiger charge is -2.34. The molecule has 1 atom stereocenters. The third kappa shape index (κ3) is 2.52. The van der Waals surface area contributed by atoms with Crippen LogP contribution >= 0.6 is 0 Å². The fraction of sp³-hybridized carbons (Fsp3) is 0.278. The molecule has 0 amide bonds. The van der Waals surface area contributed by atoms with Gasteiger partial charge < -0.3 is 0 Å². The van der Waals surface area contributed by atoms with Gasteiger partial charge in [-0.1, -0.05) is 54.6 Å². The van der Waals surface area contributed by atoms with Crippen LogP contribution < -0.4 is 0 Å². The lowest BCUT2D eigenvalue weighted by Crippen LogP contribution is -2.37. The van der Waals surface area contributed by atoms with Crippen LogP contribution in [0.1, 0.15) is 29.7 Å². The van der Waals surface area contributed by atoms with E-state index < -0.39 is 0 Å². The molecule has 2 aromatic carbocycles. The number of nitrogens with zero attached hydrogens (tertiary/aromatic N) is 1. The Kier molecular flexibility index (Phi) is 3.66. The van der Waals surface area contributed by atoms with Gasteiger partial charge in [0.05, 0.1) is 6.04 Å². The van der Waals surface area contributed by atoms with E-state index in [9.17, 15) is 4.79 Å². The molecule has 0 fully saturated rings. The molecule has 3 rings (SSSR count). The first kappa shape index (κ1) is 13.1. The highest BCUT2D eigenvalue weighted by atomic mass is 16.1. The van der Waals surface area contributed by atoms with Gasteiger partial charge in [0.2, 0.25) is 0 Å². The van der Waals surface area contributed by atoms with Crippen molar-refractivity contribution in [2.24, 2.45) is 0 Å². The van der Waals surface area contributed by atoms with E-state index in [1.165, 1.54) is 11.1 Å². The predicted octanol–water partition coefficient (Wildman–Crippen LogP) is 3.38. The van der Waals surface area contributed by atoms with Crippen LogP contribution in [0.15, 0.2) is 54.6 Å². The Bertz CT molecular complexity index is 606. The van der Waals surface area contributed by atoms with Crippen LogP contribution in [0.25, 0.3) is 0 Å². The lowest BCUT2D eigenvalue weighted by molar-refractivity contribution is -0.122. The first-order valence-electron chi connectivity index (χ1n) is 7.12. The summed E-state index contributed by atoms with van der Waals surface area (Å²) >= 11 is 0. The number of carbonyl (C=O) groups is 1. The molecular formula is C18H19NO. The number of rotatable bonds is 3. The molecule has 2 heteroatoms. The third-order valence-corrected chi connectivity index (χ3v) is 4.03. The molecule has 0 saturated carbocycles. The SMILES string of the molecule is CC(=O)C(c1ccccc1)N1CCc2ccccc2C1. The number of carbonyl (C=O) groups excluding carboxylic acids is 1. The molecule has 2 nitrogen and oxygen atoms in total. The highest BCUT2D eigenvalue weighted by Crippen LogP contribution is 2.28. The smallest absolute Gasteiger partial charge is 0.151 e. The minimum atomic E-state index is -0.121. The Balaban J connectivity index is 1.89. The molecule has 0 N–H and O–H groups in total. The van der Waals surface area contributed by atoms with Gasteiger partial charge in [0.25, 0.3) is 0 Å². The van der Waals surface area contributed by atoms with E-state index >= 15 is 0 Å². The van der Waals surface area contributed by atoms with Crippen LogP contribution in [-0.2, 0) is 17.8 Å². The van der Waals surface area contributed by atoms with Crippen molar-refractivity contribution in [1.29, 1.82) is 0 Å². The quantitative estimate of drug-likeness (QED) is 0.848. The van der Waals surface area contributed by atoms with Crippen LogP contribution in [0.3, 0.4) is 0 Å². The van der Waals surface area contributed by atoms with Gasteiger partial charge in [0.15, 0.2) is 5.78 Å². The van der Waals surface area contributed by atoms with E-state index in [0.29, 0.717) is 0 Å². The first-order valence-corrected chi connectivity index (χ1v) is 7.12. The average Bonchev–Trinajstić information content (AvgIpc) is 2.48. The van der Waals surface area contributed by atoms with Gasteiger partial charge >= 0.3 is 0 Å². The Morgan fingerprint density at radius 3 is 2.35 bits per heavy atom. The van der Waals surface area contributed by atoms with Crippen LogP contribution in [0.2, 0.25) is 0 Å². The maximum Gasteiger partial charge on any atom is 0.151 e. The summed E-state index contributed by atoms with van der Waals surface area (Å²) in [4.78, 5) is 14.4. The van der Waals surface area contributed by atoms with Gasteiger partial charge in [0, 0.05) is 13.1 Å². The van der Waals surface area contributed by atoms with E-state index in [0.717, 1.165) is 25.1 Å². The van der Waals surface area contributed by atoms with E-state index in [1.807, 2.05) is 30.3 Å². The van der Waals surface area contributed by atoms with Gasteiger partial charge in [-0.05, 0) is 30.0 Å². The number of hydrogen-bond donors (Lipinski definition) is 0. The third-order valence-electron chi connectivity index (χ3n) is 4.03. The molecule has 2 aromatic rings. The van der Waals surface area contributed by atoms with Crippen molar-refractivity contribution in [3.8, 4) is 0 Å². The summed E-state index contributed by atoms with van der Waals surface area (Å²) in [5, 5.41) is 0. The van der Waals surface area contributed by atoms with Crippen molar-refractivity contribution in [2.75, 3.05) is 6.54 Å². The second-order valence-corrected chi connectivity index (χ2v) is 5.41. The minimum absolute atomic E-state index is 0.121. The Morgan fingerprint density at radius 2 is 1.65 bits per heavy atom. The second-order valence-electron chi connectivity index (χ2n) is 5.41. The molecule has 0 saturated heterocycles. The molecular weight excluding hydrogens is 246 g/mol. The summed E-state index contributed by atoms with van der Waals surface area (Å²) in [5.41, 5.74) is 3.86. The molecule has 1 aliphatic heterocycles. The number of Topliss-reactive ketones (excluding diaryl/α,β-unsaturated/α-hetero) is 1. The van der Waals surface area contributed by atoms with E-state index in [2.05, 4.69) is 29.2 Å². The summed E-state index contributed by atoms with van der Waals surface area (Å²) in [5.74, 6) is 0.218. The summed E-state index contributed by atoms with van der Waals surface area (Å²) in [6, 6.07) is 18.5. The predicted molar refractivity (Wildman–Crippen MR) is 80.4 cm³/mol. The first-order chi connectivity index (χ1) is 9.75. The molecule has 0 aromatic heterocycles. The lowest BCUT2D eigenvalue weighted by atomic mass is 9.95. The van der Waals surface area contributed by atoms with Gasteiger partial charge in [-0.3, -0.25) is 9.69 Å². The standard InChI is InChI=1S/C18H19NO/c1-14(20)18(16-8-3-2-4-9-16)19-12-11-15-7-5-6-10-17(15)13-19/h2-10,18H,11-13H2,1H3. The summed E-state index contributed by atoms with van der Waals surface area (Å²) in [7, 11) is 0. The van der Waals surface area contributed by atoms with Crippen molar-refractivity contribution in [3.63, 3.8) is 0 Å². The highest BCUT2D eigenvalue weighted by molar-refractivity contribution is 5.83. The maximum absolute atomic E-state index is 12.1. The van der Waals surface area contributed by atoms with Crippen molar-refractivity contribution >= 4 is 5.78 Å². The summed E-state index contributed by atoms with van der Waals surface area (Å²) in [6.07, 6.45) is 1.02. The topological polar surface area (TPSA) is 20.3 Å². The van der Waals surface area contributed by atoms with Gasteiger partial charge in [-0.25, -0.2) is 0 Å². The summed E-state index contributed by atoms with van der Waals surface area (Å²) < 4.78 is 0. The fourth-order valence-electron chi connectivity index (χ4n) is 3.08. The second kappa shape index (κ2) is 5.59. The average molecular weight is 265 g/mol. The number of fused-ring (bicyclic) bond motifs is 1. The number of ketones is 1. The molecule has 102 valence electrons. The monoisotopic (exact) mass is 265 g/mol. The van der Waals surface area contributed by atoms with E-state index in [-0.39, 0.29) is 11.8 Å². The molecule has 0 bridgehead atoms. The molecule has 0 spiro atoms. The normalized spacial score (nSPS) is 16.4. The number of hydrogen-bond acceptors (Lipinski definition) is 2. The molecule has 1 unspecified atom stereocenters. The summed E-state index contributed by atoms with van der Waals surface area (Å²) in [6.45, 7) is 3.49. The number of benzene rings is 2. The Hall–Kier alpha value is -1.93. The largest absolute Gasteiger partial charge is 0.298 e. The van der Waals surface area contributed by atoms with E-state index in [4.69, 9.17) is 0 Å². The van der Waals surface area contributed by atoms with Gasteiger partial charge in [-0.2, -0.15) is 0 Å². The molecule has 0 radical (unpaired) electrons.